The maximum Gasteiger partial charge on any atom is 0.261 e. The number of nitrogens with one attached hydrogen (secondary N) is 1. The highest BCUT2D eigenvalue weighted by Crippen LogP contribution is 2.46. The fourth-order valence-electron chi connectivity index (χ4n) is 8.88. The van der Waals surface area contributed by atoms with E-state index in [2.05, 4.69) is 116 Å². The highest BCUT2D eigenvalue weighted by atomic mass is 28.4. The van der Waals surface area contributed by atoms with Crippen LogP contribution in [-0.4, -0.2) is 44.0 Å². The molecule has 3 nitrogen and oxygen atoms in total. The van der Waals surface area contributed by atoms with Crippen LogP contribution in [0.15, 0.2) is 84.9 Å². The molecular formula is C36H46N2OSi. The molecule has 1 saturated carbocycles. The van der Waals surface area contributed by atoms with Crippen LogP contribution in [0, 0.1) is 5.92 Å². The number of rotatable bonds is 7. The Kier molecular flexibility index (Phi) is 7.02. The van der Waals surface area contributed by atoms with Crippen molar-refractivity contribution in [3.63, 3.8) is 0 Å². The molecule has 4 heteroatoms. The van der Waals surface area contributed by atoms with Gasteiger partial charge in [0, 0.05) is 25.2 Å². The average molecular weight is 551 g/mol. The fraction of sp³-hybridized carbons (Fsp3) is 0.500. The van der Waals surface area contributed by atoms with E-state index in [1.54, 1.807) is 5.56 Å². The van der Waals surface area contributed by atoms with Gasteiger partial charge in [-0.05, 0) is 64.1 Å². The minimum absolute atomic E-state index is 0.00908. The van der Waals surface area contributed by atoms with Gasteiger partial charge in [0.15, 0.2) is 0 Å². The molecule has 1 aliphatic carbocycles. The van der Waals surface area contributed by atoms with Crippen molar-refractivity contribution in [2.24, 2.45) is 5.92 Å². The zero-order valence-corrected chi connectivity index (χ0v) is 25.6. The molecule has 4 aliphatic rings. The molecule has 3 aromatic carbocycles. The molecule has 0 aromatic heterocycles. The average Bonchev–Trinajstić information content (AvgIpc) is 3.56. The van der Waals surface area contributed by atoms with Crippen molar-refractivity contribution >= 4 is 18.7 Å². The van der Waals surface area contributed by atoms with E-state index in [4.69, 9.17) is 4.43 Å². The third-order valence-corrected chi connectivity index (χ3v) is 15.6. The third-order valence-electron chi connectivity index (χ3n) is 10.6. The maximum absolute atomic E-state index is 7.89. The normalized spacial score (nSPS) is 28.8. The highest BCUT2D eigenvalue weighted by Gasteiger charge is 2.59. The first-order valence-electron chi connectivity index (χ1n) is 15.8. The van der Waals surface area contributed by atoms with Crippen LogP contribution in [0.5, 0.6) is 0 Å². The summed E-state index contributed by atoms with van der Waals surface area (Å²) in [5, 5.41) is 6.85. The topological polar surface area (TPSA) is 24.5 Å². The van der Waals surface area contributed by atoms with Crippen LogP contribution < -0.4 is 15.7 Å². The van der Waals surface area contributed by atoms with Gasteiger partial charge in [0.2, 0.25) is 0 Å². The summed E-state index contributed by atoms with van der Waals surface area (Å²) in [6.07, 6.45) is 8.22. The second-order valence-corrected chi connectivity index (χ2v) is 18.4. The molecule has 3 saturated heterocycles. The molecule has 0 spiro atoms. The van der Waals surface area contributed by atoms with Crippen LogP contribution in [0.3, 0.4) is 0 Å². The van der Waals surface area contributed by atoms with Gasteiger partial charge in [0.25, 0.3) is 8.32 Å². The summed E-state index contributed by atoms with van der Waals surface area (Å²) in [4.78, 5) is 2.81. The van der Waals surface area contributed by atoms with Crippen LogP contribution in [0.1, 0.15) is 76.3 Å². The Labute approximate surface area is 242 Å². The van der Waals surface area contributed by atoms with Crippen molar-refractivity contribution in [2.75, 3.05) is 6.54 Å². The molecule has 0 radical (unpaired) electrons. The molecule has 3 aliphatic heterocycles. The van der Waals surface area contributed by atoms with Crippen molar-refractivity contribution < 1.29 is 4.43 Å². The molecule has 4 fully saturated rings. The van der Waals surface area contributed by atoms with Crippen LogP contribution in [0.25, 0.3) is 0 Å². The zero-order chi connectivity index (χ0) is 27.3. The Bertz CT molecular complexity index is 1260. The van der Waals surface area contributed by atoms with E-state index in [0.717, 1.165) is 18.4 Å². The SMILES string of the molecule is CC(C)(C)[Si](O[C@H]1C2CC3CC(N2)C1N(Cc1cccc(C2CCCC2)c1)C3)(c1ccccc1)c1ccccc1. The van der Waals surface area contributed by atoms with Crippen LogP contribution in [-0.2, 0) is 11.0 Å². The van der Waals surface area contributed by atoms with Gasteiger partial charge < -0.3 is 9.74 Å². The van der Waals surface area contributed by atoms with Crippen molar-refractivity contribution in [1.29, 1.82) is 0 Å². The Hall–Kier alpha value is -2.24. The number of piperidine rings is 2. The monoisotopic (exact) mass is 550 g/mol. The number of fused-ring (bicyclic) bond motifs is 2. The largest absolute Gasteiger partial charge is 0.401 e. The minimum atomic E-state index is -2.63. The first-order valence-corrected chi connectivity index (χ1v) is 17.7. The quantitative estimate of drug-likeness (QED) is 0.353. The van der Waals surface area contributed by atoms with Gasteiger partial charge in [-0.3, -0.25) is 4.90 Å². The molecule has 3 aromatic rings. The van der Waals surface area contributed by atoms with Gasteiger partial charge in [0.1, 0.15) is 0 Å². The van der Waals surface area contributed by atoms with Gasteiger partial charge in [-0.2, -0.15) is 0 Å². The lowest BCUT2D eigenvalue weighted by molar-refractivity contribution is 0.0455. The third kappa shape index (κ3) is 4.61. The molecule has 40 heavy (non-hydrogen) atoms. The first kappa shape index (κ1) is 26.6. The van der Waals surface area contributed by atoms with Crippen molar-refractivity contribution in [2.45, 2.75) is 101 Å². The van der Waals surface area contributed by atoms with Crippen molar-refractivity contribution in [3.8, 4) is 0 Å². The summed E-state index contributed by atoms with van der Waals surface area (Å²) in [7, 11) is -2.63. The van der Waals surface area contributed by atoms with Crippen LogP contribution >= 0.6 is 0 Å². The van der Waals surface area contributed by atoms with Crippen molar-refractivity contribution in [3.05, 3.63) is 96.1 Å². The second kappa shape index (κ2) is 10.5. The molecule has 3 heterocycles. The summed E-state index contributed by atoms with van der Waals surface area (Å²) in [6, 6.07) is 33.4. The molecule has 5 atom stereocenters. The predicted octanol–water partition coefficient (Wildman–Crippen LogP) is 6.22. The van der Waals surface area contributed by atoms with E-state index in [9.17, 15) is 0 Å². The van der Waals surface area contributed by atoms with E-state index in [-0.39, 0.29) is 11.1 Å². The first-order chi connectivity index (χ1) is 19.4. The van der Waals surface area contributed by atoms with Crippen molar-refractivity contribution in [1.82, 2.24) is 10.2 Å². The maximum atomic E-state index is 7.89. The lowest BCUT2D eigenvalue weighted by Crippen LogP contribution is -2.69. The van der Waals surface area contributed by atoms with E-state index < -0.39 is 8.32 Å². The molecule has 210 valence electrons. The standard InChI is InChI=1S/C36H46N2OSi/c1-36(2,3)40(30-17-6-4-7-18-30,31-19-8-5-9-20-31)39-35-33-23-27-22-32(37-33)34(35)38(25-27)24-26-13-12-16-29(21-26)28-14-10-11-15-28/h4-9,12-13,16-21,27-28,32-35,37H,10-11,14-15,22-25H2,1-3H3/t27?,32?,33?,34?,35-/m0/s1. The van der Waals surface area contributed by atoms with Gasteiger partial charge in [-0.25, -0.2) is 0 Å². The molecular weight excluding hydrogens is 504 g/mol. The molecule has 1 N–H and O–H groups in total. The number of nitrogens with zero attached hydrogens (tertiary/aromatic N) is 1. The van der Waals surface area contributed by atoms with Crippen LogP contribution in [0.2, 0.25) is 5.04 Å². The van der Waals surface area contributed by atoms with Gasteiger partial charge in [-0.15, -0.1) is 0 Å². The fourth-order valence-corrected chi connectivity index (χ4v) is 13.6. The predicted molar refractivity (Wildman–Crippen MR) is 168 cm³/mol. The number of hydrogen-bond donors (Lipinski definition) is 1. The summed E-state index contributed by atoms with van der Waals surface area (Å²) in [5.74, 6) is 1.53. The minimum Gasteiger partial charge on any atom is -0.401 e. The van der Waals surface area contributed by atoms with E-state index in [1.165, 1.54) is 61.0 Å². The highest BCUT2D eigenvalue weighted by molar-refractivity contribution is 6.99. The summed E-state index contributed by atoms with van der Waals surface area (Å²) in [6.45, 7) is 9.48. The second-order valence-electron chi connectivity index (χ2n) is 14.1. The van der Waals surface area contributed by atoms with E-state index in [1.807, 2.05) is 0 Å². The number of likely N-dealkylation sites (tertiary alicyclic amines) is 1. The lowest BCUT2D eigenvalue weighted by Gasteiger charge is -2.47. The molecule has 4 unspecified atom stereocenters. The lowest BCUT2D eigenvalue weighted by atomic mass is 9.87. The van der Waals surface area contributed by atoms with E-state index in [0.29, 0.717) is 18.1 Å². The van der Waals surface area contributed by atoms with Crippen LogP contribution in [0.4, 0.5) is 0 Å². The van der Waals surface area contributed by atoms with Gasteiger partial charge in [-0.1, -0.05) is 119 Å². The molecule has 7 rings (SSSR count). The molecule has 0 amide bonds. The summed E-state index contributed by atoms with van der Waals surface area (Å²) in [5.41, 5.74) is 3.05. The summed E-state index contributed by atoms with van der Waals surface area (Å²) >= 11 is 0. The Morgan fingerprint density at radius 1 is 0.825 bits per heavy atom. The zero-order valence-electron chi connectivity index (χ0n) is 24.6. The van der Waals surface area contributed by atoms with Gasteiger partial charge >= 0.3 is 0 Å². The Balaban J connectivity index is 1.25. The smallest absolute Gasteiger partial charge is 0.261 e. The Morgan fingerprint density at radius 3 is 2.12 bits per heavy atom. The number of hydrogen-bond acceptors (Lipinski definition) is 3. The summed E-state index contributed by atoms with van der Waals surface area (Å²) < 4.78 is 7.89. The van der Waals surface area contributed by atoms with E-state index >= 15 is 0 Å². The molecule has 3 bridgehead atoms. The van der Waals surface area contributed by atoms with Gasteiger partial charge in [0.05, 0.1) is 12.1 Å². The Morgan fingerprint density at radius 2 is 1.48 bits per heavy atom. The number of benzene rings is 3.